The number of amides is 2. The van der Waals surface area contributed by atoms with Crippen LogP contribution in [0.25, 0.3) is 0 Å². The van der Waals surface area contributed by atoms with Gasteiger partial charge in [-0.1, -0.05) is 30.3 Å². The molecule has 130 valence electrons. The minimum Gasteiger partial charge on any atom is -0.465 e. The van der Waals surface area contributed by atoms with E-state index in [0.29, 0.717) is 11.3 Å². The van der Waals surface area contributed by atoms with Gasteiger partial charge in [-0.05, 0) is 36.2 Å². The number of hydrogen-bond donors (Lipinski definition) is 2. The molecule has 0 aliphatic heterocycles. The van der Waals surface area contributed by atoms with E-state index in [0.717, 1.165) is 11.1 Å². The second-order valence-electron chi connectivity index (χ2n) is 5.50. The van der Waals surface area contributed by atoms with E-state index in [2.05, 4.69) is 15.4 Å². The van der Waals surface area contributed by atoms with Crippen LogP contribution in [-0.4, -0.2) is 31.4 Å². The highest BCUT2D eigenvalue weighted by molar-refractivity contribution is 5.96. The fourth-order valence-corrected chi connectivity index (χ4v) is 2.27. The summed E-state index contributed by atoms with van der Waals surface area (Å²) < 4.78 is 4.63. The first-order valence-corrected chi connectivity index (χ1v) is 7.79. The van der Waals surface area contributed by atoms with Crippen molar-refractivity contribution in [1.82, 2.24) is 5.32 Å². The van der Waals surface area contributed by atoms with Crippen molar-refractivity contribution < 1.29 is 19.1 Å². The Morgan fingerprint density at radius 3 is 2.48 bits per heavy atom. The number of carbonyl (C=O) groups is 3. The smallest absolute Gasteiger partial charge is 0.337 e. The van der Waals surface area contributed by atoms with Gasteiger partial charge in [-0.3, -0.25) is 9.59 Å². The number of aryl methyl sites for hydroxylation is 1. The van der Waals surface area contributed by atoms with Crippen molar-refractivity contribution >= 4 is 23.5 Å². The largest absolute Gasteiger partial charge is 0.465 e. The number of benzene rings is 2. The molecule has 2 amide bonds. The van der Waals surface area contributed by atoms with Crippen LogP contribution in [0.5, 0.6) is 0 Å². The summed E-state index contributed by atoms with van der Waals surface area (Å²) in [6, 6.07) is 14.0. The van der Waals surface area contributed by atoms with Gasteiger partial charge in [0.1, 0.15) is 0 Å². The second-order valence-corrected chi connectivity index (χ2v) is 5.50. The Balaban J connectivity index is 1.85. The van der Waals surface area contributed by atoms with Crippen molar-refractivity contribution in [3.63, 3.8) is 0 Å². The van der Waals surface area contributed by atoms with Crippen LogP contribution in [0.4, 0.5) is 5.69 Å². The molecule has 25 heavy (non-hydrogen) atoms. The number of methoxy groups -OCH3 is 1. The maximum Gasteiger partial charge on any atom is 0.337 e. The Morgan fingerprint density at radius 1 is 1.00 bits per heavy atom. The van der Waals surface area contributed by atoms with Crippen LogP contribution >= 0.6 is 0 Å². The van der Waals surface area contributed by atoms with Gasteiger partial charge in [0, 0.05) is 5.69 Å². The van der Waals surface area contributed by atoms with Gasteiger partial charge in [0.25, 0.3) is 0 Å². The average molecular weight is 340 g/mol. The summed E-state index contributed by atoms with van der Waals surface area (Å²) in [6.45, 7) is 1.79. The maximum absolute atomic E-state index is 12.0. The normalized spacial score (nSPS) is 10.0. The molecule has 0 aliphatic carbocycles. The lowest BCUT2D eigenvalue weighted by Crippen LogP contribution is -2.33. The lowest BCUT2D eigenvalue weighted by molar-refractivity contribution is -0.123. The summed E-state index contributed by atoms with van der Waals surface area (Å²) in [6.07, 6.45) is 0.220. The van der Waals surface area contributed by atoms with E-state index in [9.17, 15) is 14.4 Å². The number of hydrogen-bond acceptors (Lipinski definition) is 4. The zero-order valence-corrected chi connectivity index (χ0v) is 14.2. The molecular formula is C19H20N2O4. The van der Waals surface area contributed by atoms with Crippen LogP contribution in [0.2, 0.25) is 0 Å². The van der Waals surface area contributed by atoms with Gasteiger partial charge in [-0.2, -0.15) is 0 Å². The lowest BCUT2D eigenvalue weighted by Gasteiger charge is -2.09. The van der Waals surface area contributed by atoms with Crippen molar-refractivity contribution in [3.8, 4) is 0 Å². The van der Waals surface area contributed by atoms with Gasteiger partial charge in [-0.25, -0.2) is 4.79 Å². The second kappa shape index (κ2) is 8.63. The Hall–Kier alpha value is -3.15. The molecule has 2 rings (SSSR count). The third-order valence-corrected chi connectivity index (χ3v) is 3.63. The predicted octanol–water partition coefficient (Wildman–Crippen LogP) is 2.08. The molecule has 2 aromatic carbocycles. The monoisotopic (exact) mass is 340 g/mol. The zero-order valence-electron chi connectivity index (χ0n) is 14.2. The molecule has 0 saturated carbocycles. The molecule has 6 heteroatoms. The summed E-state index contributed by atoms with van der Waals surface area (Å²) in [7, 11) is 1.29. The van der Waals surface area contributed by atoms with Gasteiger partial charge in [0.2, 0.25) is 11.8 Å². The molecule has 0 atom stereocenters. The number of rotatable bonds is 6. The van der Waals surface area contributed by atoms with Gasteiger partial charge in [-0.15, -0.1) is 0 Å². The number of anilines is 1. The van der Waals surface area contributed by atoms with E-state index < -0.39 is 5.97 Å². The Kier molecular flexibility index (Phi) is 6.28. The Labute approximate surface area is 146 Å². The molecular weight excluding hydrogens is 320 g/mol. The minimum absolute atomic E-state index is 0.146. The molecule has 0 heterocycles. The summed E-state index contributed by atoms with van der Waals surface area (Å²) in [5, 5.41) is 5.21. The Bertz CT molecular complexity index is 786. The molecule has 0 bridgehead atoms. The first-order valence-electron chi connectivity index (χ1n) is 7.79. The van der Waals surface area contributed by atoms with Crippen molar-refractivity contribution in [1.29, 1.82) is 0 Å². The SMILES string of the molecule is COC(=O)c1cccc(NC(=O)CNC(=O)Cc2ccccc2C)c1. The van der Waals surface area contributed by atoms with Crippen LogP contribution < -0.4 is 10.6 Å². The highest BCUT2D eigenvalue weighted by atomic mass is 16.5. The van der Waals surface area contributed by atoms with Crippen LogP contribution in [0.3, 0.4) is 0 Å². The van der Waals surface area contributed by atoms with E-state index in [1.165, 1.54) is 13.2 Å². The molecule has 6 nitrogen and oxygen atoms in total. The summed E-state index contributed by atoms with van der Waals surface area (Å²) in [4.78, 5) is 35.4. The average Bonchev–Trinajstić information content (AvgIpc) is 2.61. The third kappa shape index (κ3) is 5.46. The quantitative estimate of drug-likeness (QED) is 0.789. The van der Waals surface area contributed by atoms with Crippen LogP contribution in [-0.2, 0) is 20.7 Å². The highest BCUT2D eigenvalue weighted by Crippen LogP contribution is 2.11. The fraction of sp³-hybridized carbons (Fsp3) is 0.211. The maximum atomic E-state index is 12.0. The summed E-state index contributed by atoms with van der Waals surface area (Å²) in [5.74, 6) is -1.09. The minimum atomic E-state index is -0.484. The lowest BCUT2D eigenvalue weighted by atomic mass is 10.1. The van der Waals surface area contributed by atoms with Crippen molar-refractivity contribution in [2.75, 3.05) is 19.0 Å². The number of ether oxygens (including phenoxy) is 1. The van der Waals surface area contributed by atoms with Crippen molar-refractivity contribution in [2.24, 2.45) is 0 Å². The Morgan fingerprint density at radius 2 is 1.76 bits per heavy atom. The zero-order chi connectivity index (χ0) is 18.2. The van der Waals surface area contributed by atoms with E-state index in [1.54, 1.807) is 18.2 Å². The predicted molar refractivity (Wildman–Crippen MR) is 94.3 cm³/mol. The first kappa shape index (κ1) is 18.2. The van der Waals surface area contributed by atoms with Crippen molar-refractivity contribution in [3.05, 3.63) is 65.2 Å². The van der Waals surface area contributed by atoms with Crippen molar-refractivity contribution in [2.45, 2.75) is 13.3 Å². The molecule has 0 aromatic heterocycles. The number of carbonyl (C=O) groups excluding carboxylic acids is 3. The number of esters is 1. The molecule has 0 unspecified atom stereocenters. The van der Waals surface area contributed by atoms with Gasteiger partial charge >= 0.3 is 5.97 Å². The van der Waals surface area contributed by atoms with E-state index in [1.807, 2.05) is 31.2 Å². The highest BCUT2D eigenvalue weighted by Gasteiger charge is 2.10. The fourth-order valence-electron chi connectivity index (χ4n) is 2.27. The molecule has 0 spiro atoms. The van der Waals surface area contributed by atoms with Crippen LogP contribution in [0, 0.1) is 6.92 Å². The van der Waals surface area contributed by atoms with Gasteiger partial charge in [0.15, 0.2) is 0 Å². The molecule has 2 N–H and O–H groups in total. The summed E-state index contributed by atoms with van der Waals surface area (Å²) >= 11 is 0. The van der Waals surface area contributed by atoms with E-state index >= 15 is 0 Å². The topological polar surface area (TPSA) is 84.5 Å². The molecule has 0 radical (unpaired) electrons. The number of nitrogens with one attached hydrogen (secondary N) is 2. The molecule has 0 saturated heterocycles. The molecule has 2 aromatic rings. The molecule has 0 fully saturated rings. The van der Waals surface area contributed by atoms with Gasteiger partial charge in [0.05, 0.1) is 25.6 Å². The van der Waals surface area contributed by atoms with E-state index in [4.69, 9.17) is 0 Å². The third-order valence-electron chi connectivity index (χ3n) is 3.63. The van der Waals surface area contributed by atoms with Crippen LogP contribution in [0.15, 0.2) is 48.5 Å². The van der Waals surface area contributed by atoms with E-state index in [-0.39, 0.29) is 24.8 Å². The van der Waals surface area contributed by atoms with Crippen LogP contribution in [0.1, 0.15) is 21.5 Å². The first-order chi connectivity index (χ1) is 12.0. The standard InChI is InChI=1S/C19H20N2O4/c1-13-6-3-4-7-14(13)11-17(22)20-12-18(23)21-16-9-5-8-15(10-16)19(24)25-2/h3-10H,11-12H2,1-2H3,(H,20,22)(H,21,23). The van der Waals surface area contributed by atoms with Gasteiger partial charge < -0.3 is 15.4 Å². The molecule has 0 aliphatic rings. The summed E-state index contributed by atoms with van der Waals surface area (Å²) in [5.41, 5.74) is 2.75.